The van der Waals surface area contributed by atoms with Gasteiger partial charge in [-0.1, -0.05) is 12.1 Å². The van der Waals surface area contributed by atoms with Crippen molar-refractivity contribution in [2.45, 2.75) is 24.8 Å². The fraction of sp³-hybridized carbons (Fsp3) is 0.308. The average Bonchev–Trinajstić information content (AvgIpc) is 2.35. The molecule has 0 heterocycles. The van der Waals surface area contributed by atoms with E-state index in [-0.39, 0.29) is 23.0 Å². The van der Waals surface area contributed by atoms with Gasteiger partial charge in [-0.25, -0.2) is 13.2 Å². The van der Waals surface area contributed by atoms with Crippen LogP contribution in [0.2, 0.25) is 0 Å². The Labute approximate surface area is 113 Å². The van der Waals surface area contributed by atoms with E-state index < -0.39 is 16.0 Å². The van der Waals surface area contributed by atoms with Gasteiger partial charge in [0.25, 0.3) is 0 Å². The third-order valence-electron chi connectivity index (χ3n) is 2.57. The van der Waals surface area contributed by atoms with Gasteiger partial charge in [-0.05, 0) is 32.0 Å². The lowest BCUT2D eigenvalue weighted by molar-refractivity contribution is 0.0696. The van der Waals surface area contributed by atoms with Gasteiger partial charge in [-0.2, -0.15) is 4.31 Å². The summed E-state index contributed by atoms with van der Waals surface area (Å²) >= 11 is 0. The maximum Gasteiger partial charge on any atom is 0.335 e. The smallest absolute Gasteiger partial charge is 0.335 e. The lowest BCUT2D eigenvalue weighted by Gasteiger charge is -2.24. The average molecular weight is 283 g/mol. The Hall–Kier alpha value is -1.66. The molecule has 0 saturated heterocycles. The Morgan fingerprint density at radius 3 is 2.58 bits per heavy atom. The van der Waals surface area contributed by atoms with Crippen molar-refractivity contribution >= 4 is 16.0 Å². The highest BCUT2D eigenvalue weighted by Gasteiger charge is 2.26. The zero-order chi connectivity index (χ0) is 14.6. The first-order valence-electron chi connectivity index (χ1n) is 5.76. The first kappa shape index (κ1) is 15.4. The zero-order valence-corrected chi connectivity index (χ0v) is 11.7. The minimum Gasteiger partial charge on any atom is -0.478 e. The molecule has 0 aliphatic heterocycles. The molecular weight excluding hydrogens is 266 g/mol. The number of benzene rings is 1. The molecule has 1 rings (SSSR count). The van der Waals surface area contributed by atoms with Crippen LogP contribution in [0.3, 0.4) is 0 Å². The van der Waals surface area contributed by atoms with Crippen molar-refractivity contribution in [2.75, 3.05) is 6.54 Å². The van der Waals surface area contributed by atoms with Crippen LogP contribution in [0.25, 0.3) is 0 Å². The van der Waals surface area contributed by atoms with Gasteiger partial charge in [-0.3, -0.25) is 0 Å². The summed E-state index contributed by atoms with van der Waals surface area (Å²) in [6.45, 7) is 7.22. The quantitative estimate of drug-likeness (QED) is 0.810. The molecule has 0 amide bonds. The summed E-state index contributed by atoms with van der Waals surface area (Å²) in [5.41, 5.74) is -0.0524. The molecule has 1 aromatic carbocycles. The summed E-state index contributed by atoms with van der Waals surface area (Å²) in [4.78, 5) is 10.9. The van der Waals surface area contributed by atoms with Crippen LogP contribution in [0.4, 0.5) is 0 Å². The fourth-order valence-electron chi connectivity index (χ4n) is 1.64. The highest BCUT2D eigenvalue weighted by molar-refractivity contribution is 7.89. The molecule has 1 N–H and O–H groups in total. The number of aromatic carboxylic acids is 1. The van der Waals surface area contributed by atoms with Crippen LogP contribution in [0.1, 0.15) is 24.2 Å². The summed E-state index contributed by atoms with van der Waals surface area (Å²) in [6.07, 6.45) is 1.50. The van der Waals surface area contributed by atoms with Gasteiger partial charge in [0.05, 0.1) is 10.5 Å². The zero-order valence-electron chi connectivity index (χ0n) is 10.9. The van der Waals surface area contributed by atoms with Crippen molar-refractivity contribution in [2.24, 2.45) is 0 Å². The van der Waals surface area contributed by atoms with Crippen LogP contribution < -0.4 is 0 Å². The molecule has 0 bridgehead atoms. The topological polar surface area (TPSA) is 74.7 Å². The van der Waals surface area contributed by atoms with Crippen LogP contribution in [-0.2, 0) is 10.0 Å². The van der Waals surface area contributed by atoms with Crippen molar-refractivity contribution < 1.29 is 18.3 Å². The number of hydrogen-bond acceptors (Lipinski definition) is 3. The third-order valence-corrected chi connectivity index (χ3v) is 4.61. The molecule has 0 aliphatic carbocycles. The van der Waals surface area contributed by atoms with Gasteiger partial charge in [-0.15, -0.1) is 6.58 Å². The minimum absolute atomic E-state index is 0.0250. The van der Waals surface area contributed by atoms with Crippen LogP contribution in [-0.4, -0.2) is 36.4 Å². The number of carbonyl (C=O) groups is 1. The molecule has 0 fully saturated rings. The maximum absolute atomic E-state index is 12.4. The second-order valence-electron chi connectivity index (χ2n) is 4.29. The van der Waals surface area contributed by atoms with E-state index in [0.29, 0.717) is 0 Å². The SMILES string of the molecule is C=CCN(C(C)C)S(=O)(=O)c1cccc(C(=O)O)c1. The van der Waals surface area contributed by atoms with Crippen LogP contribution in [0.5, 0.6) is 0 Å². The first-order valence-corrected chi connectivity index (χ1v) is 7.20. The summed E-state index contributed by atoms with van der Waals surface area (Å²) < 4.78 is 26.1. The number of carboxylic acids is 1. The van der Waals surface area contributed by atoms with Gasteiger partial charge in [0.2, 0.25) is 10.0 Å². The molecule has 1 aromatic rings. The molecule has 5 nitrogen and oxygen atoms in total. The lowest BCUT2D eigenvalue weighted by atomic mass is 10.2. The molecule has 0 spiro atoms. The van der Waals surface area contributed by atoms with Crippen molar-refractivity contribution in [1.82, 2.24) is 4.31 Å². The second-order valence-corrected chi connectivity index (χ2v) is 6.18. The van der Waals surface area contributed by atoms with Gasteiger partial charge < -0.3 is 5.11 Å². The fourth-order valence-corrected chi connectivity index (χ4v) is 3.29. The predicted octanol–water partition coefficient (Wildman–Crippen LogP) is 1.97. The molecule has 0 saturated carbocycles. The minimum atomic E-state index is -3.72. The van der Waals surface area contributed by atoms with Gasteiger partial charge >= 0.3 is 5.97 Å². The molecule has 0 aromatic heterocycles. The van der Waals surface area contributed by atoms with Crippen LogP contribution >= 0.6 is 0 Å². The standard InChI is InChI=1S/C13H17NO4S/c1-4-8-14(10(2)3)19(17,18)12-7-5-6-11(9-12)13(15)16/h4-7,9-10H,1,8H2,2-3H3,(H,15,16). The van der Waals surface area contributed by atoms with Gasteiger partial charge in [0.15, 0.2) is 0 Å². The molecule has 0 aliphatic rings. The Morgan fingerprint density at radius 1 is 1.47 bits per heavy atom. The highest BCUT2D eigenvalue weighted by Crippen LogP contribution is 2.19. The van der Waals surface area contributed by atoms with Crippen molar-refractivity contribution in [1.29, 1.82) is 0 Å². The lowest BCUT2D eigenvalue weighted by Crippen LogP contribution is -2.37. The van der Waals surface area contributed by atoms with Crippen LogP contribution in [0.15, 0.2) is 41.8 Å². The van der Waals surface area contributed by atoms with Crippen molar-refractivity contribution in [3.8, 4) is 0 Å². The van der Waals surface area contributed by atoms with Crippen molar-refractivity contribution in [3.63, 3.8) is 0 Å². The largest absolute Gasteiger partial charge is 0.478 e. The van der Waals surface area contributed by atoms with E-state index in [1.807, 2.05) is 0 Å². The van der Waals surface area contributed by atoms with E-state index >= 15 is 0 Å². The monoisotopic (exact) mass is 283 g/mol. The number of nitrogens with zero attached hydrogens (tertiary/aromatic N) is 1. The highest BCUT2D eigenvalue weighted by atomic mass is 32.2. The number of sulfonamides is 1. The van der Waals surface area contributed by atoms with Crippen molar-refractivity contribution in [3.05, 3.63) is 42.5 Å². The molecular formula is C13H17NO4S. The summed E-state index contributed by atoms with van der Waals surface area (Å²) in [6, 6.07) is 5.09. The van der Waals surface area contributed by atoms with E-state index in [9.17, 15) is 13.2 Å². The molecule has 19 heavy (non-hydrogen) atoms. The van der Waals surface area contributed by atoms with E-state index in [4.69, 9.17) is 5.11 Å². The maximum atomic E-state index is 12.4. The van der Waals surface area contributed by atoms with Gasteiger partial charge in [0, 0.05) is 12.6 Å². The Kier molecular flexibility index (Phi) is 4.85. The van der Waals surface area contributed by atoms with Gasteiger partial charge in [0.1, 0.15) is 0 Å². The molecule has 0 unspecified atom stereocenters. The predicted molar refractivity (Wildman–Crippen MR) is 72.6 cm³/mol. The molecule has 0 radical (unpaired) electrons. The molecule has 104 valence electrons. The Morgan fingerprint density at radius 2 is 2.11 bits per heavy atom. The molecule has 0 atom stereocenters. The Bertz CT molecular complexity index is 578. The summed E-state index contributed by atoms with van der Waals surface area (Å²) in [5, 5.41) is 8.90. The normalized spacial score (nSPS) is 11.8. The number of rotatable bonds is 6. The van der Waals surface area contributed by atoms with E-state index in [2.05, 4.69) is 6.58 Å². The second kappa shape index (κ2) is 5.99. The van der Waals surface area contributed by atoms with Crippen LogP contribution in [0, 0.1) is 0 Å². The van der Waals surface area contributed by atoms with E-state index in [0.717, 1.165) is 6.07 Å². The third kappa shape index (κ3) is 3.42. The summed E-state index contributed by atoms with van der Waals surface area (Å²) in [5.74, 6) is -1.16. The first-order chi connectivity index (χ1) is 8.80. The Balaban J connectivity index is 3.29. The van der Waals surface area contributed by atoms with E-state index in [1.165, 1.54) is 28.6 Å². The summed E-state index contributed by atoms with van der Waals surface area (Å²) in [7, 11) is -3.72. The number of hydrogen-bond donors (Lipinski definition) is 1. The van der Waals surface area contributed by atoms with E-state index in [1.54, 1.807) is 13.8 Å². The molecule has 6 heteroatoms. The number of carboxylic acid groups (broad SMARTS) is 1.